The third-order valence-corrected chi connectivity index (χ3v) is 10.7. The van der Waals surface area contributed by atoms with E-state index >= 15 is 0 Å². The zero-order valence-corrected chi connectivity index (χ0v) is 29.8. The van der Waals surface area contributed by atoms with Crippen molar-refractivity contribution in [2.75, 3.05) is 6.61 Å². The maximum Gasteiger partial charge on any atom is 0.160 e. The van der Waals surface area contributed by atoms with Crippen LogP contribution in [0.1, 0.15) is 102 Å². The SMILES string of the molecule is CC/C=C/C(O)C(COC1OC(CC)C(C)C([C@H](C)C2(C)CC(C)C(C)C(C(C)C(C)CC)O2)C1C)N=[N+]=[N-].[Rn]. The van der Waals surface area contributed by atoms with E-state index in [0.717, 1.165) is 19.3 Å². The summed E-state index contributed by atoms with van der Waals surface area (Å²) in [5.74, 6) is 3.36. The third-order valence-electron chi connectivity index (χ3n) is 10.7. The van der Waals surface area contributed by atoms with Crippen molar-refractivity contribution in [3.05, 3.63) is 22.6 Å². The molecule has 2 saturated heterocycles. The number of aliphatic hydroxyl groups excluding tert-OH is 1. The van der Waals surface area contributed by atoms with Gasteiger partial charge >= 0.3 is 0 Å². The molecule has 0 spiro atoms. The van der Waals surface area contributed by atoms with Gasteiger partial charge in [-0.15, -0.1) is 0 Å². The summed E-state index contributed by atoms with van der Waals surface area (Å²) in [6.07, 6.45) is 6.46. The van der Waals surface area contributed by atoms with Gasteiger partial charge in [0.2, 0.25) is 0 Å². The molecule has 0 bridgehead atoms. The Morgan fingerprint density at radius 3 is 2.30 bits per heavy atom. The van der Waals surface area contributed by atoms with Crippen LogP contribution in [-0.4, -0.2) is 48.0 Å². The molecule has 14 atom stereocenters. The molecule has 40 heavy (non-hydrogen) atoms. The van der Waals surface area contributed by atoms with Crippen LogP contribution in [0.3, 0.4) is 0 Å². The standard InChI is InChI=1S/C32H59N3O4.Rn/c1-12-15-16-27(36)26(34-35-33)18-37-31-24(9)29(23(8)28(14-3)38-31)25(10)32(11)17-20(5)22(7)30(39-32)21(6)19(4)13-2;/h15-16,19-31,36H,12-14,17-18H2,1-11H3;/b16-15+;/t19?,20?,21?,22?,23?,24?,25-,26?,27?,28?,29?,30?,31?,32?;/m0./s1. The zero-order valence-electron chi connectivity index (χ0n) is 27.1. The van der Waals surface area contributed by atoms with E-state index in [0.29, 0.717) is 41.4 Å². The smallest absolute Gasteiger partial charge is 0.160 e. The summed E-state index contributed by atoms with van der Waals surface area (Å²) >= 11 is 0. The summed E-state index contributed by atoms with van der Waals surface area (Å²) in [5.41, 5.74) is 8.84. The van der Waals surface area contributed by atoms with Gasteiger partial charge < -0.3 is 19.3 Å². The molecule has 2 fully saturated rings. The normalized spacial score (nSPS) is 38.5. The predicted octanol–water partition coefficient (Wildman–Crippen LogP) is 8.17. The van der Waals surface area contributed by atoms with E-state index in [2.05, 4.69) is 79.3 Å². The first-order chi connectivity index (χ1) is 18.4. The first-order valence-electron chi connectivity index (χ1n) is 15.7. The van der Waals surface area contributed by atoms with E-state index in [9.17, 15) is 5.11 Å². The van der Waals surface area contributed by atoms with Gasteiger partial charge in [0.15, 0.2) is 6.29 Å². The Morgan fingerprint density at radius 1 is 1.10 bits per heavy atom. The number of aliphatic hydroxyl groups is 1. The van der Waals surface area contributed by atoms with E-state index < -0.39 is 18.4 Å². The van der Waals surface area contributed by atoms with E-state index in [-0.39, 0.29) is 102 Å². The Bertz CT molecular complexity index is 824. The van der Waals surface area contributed by atoms with Crippen LogP contribution < -0.4 is 0 Å². The van der Waals surface area contributed by atoms with Crippen LogP contribution in [0.15, 0.2) is 17.3 Å². The van der Waals surface area contributed by atoms with Crippen molar-refractivity contribution in [3.8, 4) is 0 Å². The topological polar surface area (TPSA) is 96.7 Å². The number of ether oxygens (including phenoxy) is 3. The minimum Gasteiger partial charge on any atom is -0.389 e. The summed E-state index contributed by atoms with van der Waals surface area (Å²) in [5, 5.41) is 14.4. The minimum absolute atomic E-state index is 0. The van der Waals surface area contributed by atoms with Gasteiger partial charge in [-0.05, 0) is 73.1 Å². The van der Waals surface area contributed by atoms with Crippen LogP contribution in [-0.2, 0) is 14.2 Å². The average molecular weight is 772 g/mol. The van der Waals surface area contributed by atoms with Crippen molar-refractivity contribution in [1.82, 2.24) is 0 Å². The molecule has 2 rings (SSSR count). The second kappa shape index (κ2) is 18.1. The van der Waals surface area contributed by atoms with Crippen molar-refractivity contribution in [2.24, 2.45) is 52.5 Å². The molecule has 1 N–H and O–H groups in total. The summed E-state index contributed by atoms with van der Waals surface area (Å²) in [4.78, 5) is 2.95. The Balaban J connectivity index is 0.00000800. The number of rotatable bonds is 13. The number of allylic oxidation sites excluding steroid dienone is 1. The van der Waals surface area contributed by atoms with Crippen molar-refractivity contribution in [1.29, 1.82) is 0 Å². The van der Waals surface area contributed by atoms with Crippen LogP contribution in [0, 0.1) is 119 Å². The molecule has 0 aromatic carbocycles. The zero-order chi connectivity index (χ0) is 29.5. The number of nitrogens with zero attached hydrogens (tertiary/aromatic N) is 3. The molecular weight excluding hydrogens is 712 g/mol. The molecule has 2 aliphatic heterocycles. The van der Waals surface area contributed by atoms with Gasteiger partial charge in [0.05, 0.1) is 36.6 Å². The minimum atomic E-state index is -0.891. The maximum atomic E-state index is 10.5. The summed E-state index contributed by atoms with van der Waals surface area (Å²) in [6.45, 7) is 25.3. The molecule has 13 unspecified atom stereocenters. The average Bonchev–Trinajstić information content (AvgIpc) is 2.91. The van der Waals surface area contributed by atoms with Gasteiger partial charge in [0, 0.05) is 82.7 Å². The Labute approximate surface area is 307 Å². The number of hydrogen-bond acceptors (Lipinski definition) is 5. The van der Waals surface area contributed by atoms with Gasteiger partial charge in [-0.3, -0.25) is 0 Å². The Hall–Kier alpha value is 1.01. The van der Waals surface area contributed by atoms with E-state index in [1.807, 2.05) is 13.0 Å². The second-order valence-corrected chi connectivity index (χ2v) is 13.1. The van der Waals surface area contributed by atoms with Gasteiger partial charge in [0.25, 0.3) is 0 Å². The van der Waals surface area contributed by atoms with Crippen LogP contribution in [0.4, 0.5) is 0 Å². The molecule has 7 nitrogen and oxygen atoms in total. The molecule has 234 valence electrons. The fraction of sp³-hybridized carbons (Fsp3) is 0.938. The number of hydrogen-bond donors (Lipinski definition) is 1. The van der Waals surface area contributed by atoms with E-state index in [1.165, 1.54) is 6.42 Å². The van der Waals surface area contributed by atoms with Gasteiger partial charge in [-0.25, -0.2) is 0 Å². The molecule has 2 aliphatic rings. The maximum absolute atomic E-state index is 10.5. The largest absolute Gasteiger partial charge is 0.389 e. The Morgan fingerprint density at radius 2 is 1.75 bits per heavy atom. The molecule has 8 heteroatoms. The van der Waals surface area contributed by atoms with Crippen LogP contribution in [0.2, 0.25) is 0 Å². The van der Waals surface area contributed by atoms with Crippen LogP contribution in [0.5, 0.6) is 0 Å². The first kappa shape index (κ1) is 39.0. The van der Waals surface area contributed by atoms with Gasteiger partial charge in [-0.1, -0.05) is 92.9 Å². The molecule has 0 aliphatic carbocycles. The molecule has 2 heterocycles. The molecule has 0 radical (unpaired) electrons. The van der Waals surface area contributed by atoms with Crippen LogP contribution >= 0.6 is 0 Å². The number of azide groups is 1. The summed E-state index contributed by atoms with van der Waals surface area (Å²) < 4.78 is 20.0. The molecule has 0 aromatic rings. The van der Waals surface area contributed by atoms with Gasteiger partial charge in [-0.2, -0.15) is 0 Å². The molecule has 0 saturated carbocycles. The Kier molecular flexibility index (Phi) is 17.7. The van der Waals surface area contributed by atoms with E-state index in [1.54, 1.807) is 6.08 Å². The quantitative estimate of drug-likeness (QED) is 0.0885. The first-order valence-corrected chi connectivity index (χ1v) is 15.7. The second-order valence-electron chi connectivity index (χ2n) is 13.1. The van der Waals surface area contributed by atoms with Gasteiger partial charge in [0.1, 0.15) is 0 Å². The monoisotopic (exact) mass is 771 g/mol. The third kappa shape index (κ3) is 9.50. The molecule has 0 aromatic heterocycles. The fourth-order valence-corrected chi connectivity index (χ4v) is 7.36. The summed E-state index contributed by atoms with van der Waals surface area (Å²) in [7, 11) is 0. The molecular formula is C32H59N3O4Rn. The van der Waals surface area contributed by atoms with Crippen molar-refractivity contribution >= 4 is 0 Å². The van der Waals surface area contributed by atoms with Crippen molar-refractivity contribution in [2.45, 2.75) is 138 Å². The molecule has 0 amide bonds. The predicted molar refractivity (Wildman–Crippen MR) is 159 cm³/mol. The van der Waals surface area contributed by atoms with E-state index in [4.69, 9.17) is 19.7 Å². The van der Waals surface area contributed by atoms with Crippen LogP contribution in [0.25, 0.3) is 10.4 Å². The van der Waals surface area contributed by atoms with Crippen molar-refractivity contribution < 1.29 is 91.2 Å². The van der Waals surface area contributed by atoms with Crippen molar-refractivity contribution in [3.63, 3.8) is 0 Å². The fourth-order valence-electron chi connectivity index (χ4n) is 7.36. The summed E-state index contributed by atoms with van der Waals surface area (Å²) in [6, 6.07) is -0.701.